The predicted molar refractivity (Wildman–Crippen MR) is 78.3 cm³/mol. The van der Waals surface area contributed by atoms with Crippen molar-refractivity contribution in [3.63, 3.8) is 0 Å². The molecule has 0 spiro atoms. The quantitative estimate of drug-likeness (QED) is 0.905. The van der Waals surface area contributed by atoms with Crippen LogP contribution in [0, 0.1) is 20.8 Å². The number of hydrogen-bond donors (Lipinski definition) is 1. The van der Waals surface area contributed by atoms with Crippen molar-refractivity contribution in [3.8, 4) is 0 Å². The Balaban J connectivity index is 2.41. The van der Waals surface area contributed by atoms with E-state index in [2.05, 4.69) is 55.3 Å². The molecule has 0 aliphatic rings. The molecule has 2 aromatic rings. The summed E-state index contributed by atoms with van der Waals surface area (Å²) in [7, 11) is 0. The van der Waals surface area contributed by atoms with Crippen LogP contribution in [0.2, 0.25) is 0 Å². The van der Waals surface area contributed by atoms with Gasteiger partial charge >= 0.3 is 0 Å². The highest BCUT2D eigenvalue weighted by Gasteiger charge is 2.17. The van der Waals surface area contributed by atoms with E-state index in [1.165, 1.54) is 15.3 Å². The zero-order valence-corrected chi connectivity index (χ0v) is 12.3. The summed E-state index contributed by atoms with van der Waals surface area (Å²) in [5.41, 5.74) is 3.48. The van der Waals surface area contributed by atoms with Crippen LogP contribution < -0.4 is 5.32 Å². The summed E-state index contributed by atoms with van der Waals surface area (Å²) < 4.78 is 0. The molecule has 2 heterocycles. The molecule has 1 unspecified atom stereocenters. The lowest BCUT2D eigenvalue weighted by Gasteiger charge is -2.19. The molecule has 96 valence electrons. The van der Waals surface area contributed by atoms with Crippen molar-refractivity contribution in [2.24, 2.45) is 0 Å². The Labute approximate surface area is 113 Å². The first-order valence-corrected chi connectivity index (χ1v) is 7.17. The Kier molecular flexibility index (Phi) is 4.15. The molecule has 0 radical (unpaired) electrons. The minimum atomic E-state index is 0.266. The highest BCUT2D eigenvalue weighted by molar-refractivity contribution is 7.12. The number of thiophene rings is 1. The van der Waals surface area contributed by atoms with Gasteiger partial charge in [0.05, 0.1) is 6.04 Å². The molecule has 18 heavy (non-hydrogen) atoms. The maximum atomic E-state index is 4.57. The zero-order valence-electron chi connectivity index (χ0n) is 11.4. The van der Waals surface area contributed by atoms with Crippen LogP contribution in [0.5, 0.6) is 0 Å². The van der Waals surface area contributed by atoms with Crippen molar-refractivity contribution < 1.29 is 0 Å². The summed E-state index contributed by atoms with van der Waals surface area (Å²) in [5, 5.41) is 3.56. The molecule has 0 bridgehead atoms. The van der Waals surface area contributed by atoms with Crippen molar-refractivity contribution in [3.05, 3.63) is 51.0 Å². The largest absolute Gasteiger partial charge is 0.306 e. The Morgan fingerprint density at radius 2 is 1.94 bits per heavy atom. The van der Waals surface area contributed by atoms with E-state index in [0.717, 1.165) is 17.9 Å². The van der Waals surface area contributed by atoms with E-state index in [1.807, 2.05) is 18.3 Å². The average Bonchev–Trinajstić information content (AvgIpc) is 2.73. The molecule has 2 nitrogen and oxygen atoms in total. The second kappa shape index (κ2) is 5.63. The number of pyridine rings is 1. The molecule has 0 aliphatic carbocycles. The first kappa shape index (κ1) is 13.2. The predicted octanol–water partition coefficient (Wildman–Crippen LogP) is 3.77. The standard InChI is InChI=1S/C15H20N2S/c1-5-16-15(14-9-7-11(3)18-14)13-8-6-10(2)17-12(13)4/h6-9,15-16H,5H2,1-4H3. The summed E-state index contributed by atoms with van der Waals surface area (Å²) in [6.07, 6.45) is 0. The van der Waals surface area contributed by atoms with Crippen molar-refractivity contribution in [1.82, 2.24) is 10.3 Å². The fourth-order valence-corrected chi connectivity index (χ4v) is 3.15. The summed E-state index contributed by atoms with van der Waals surface area (Å²) in [6, 6.07) is 8.95. The lowest BCUT2D eigenvalue weighted by atomic mass is 10.0. The van der Waals surface area contributed by atoms with Gasteiger partial charge in [0.1, 0.15) is 0 Å². The lowest BCUT2D eigenvalue weighted by molar-refractivity contribution is 0.633. The molecule has 0 aliphatic heterocycles. The van der Waals surface area contributed by atoms with Gasteiger partial charge in [0.2, 0.25) is 0 Å². The second-order valence-corrected chi connectivity index (χ2v) is 5.89. The van der Waals surface area contributed by atoms with Gasteiger partial charge in [-0.3, -0.25) is 4.98 Å². The number of nitrogens with zero attached hydrogens (tertiary/aromatic N) is 1. The first-order valence-electron chi connectivity index (χ1n) is 6.35. The number of nitrogens with one attached hydrogen (secondary N) is 1. The molecule has 0 fully saturated rings. The molecule has 3 heteroatoms. The van der Waals surface area contributed by atoms with Gasteiger partial charge in [-0.2, -0.15) is 0 Å². The normalized spacial score (nSPS) is 12.7. The Morgan fingerprint density at radius 3 is 2.50 bits per heavy atom. The Morgan fingerprint density at radius 1 is 1.17 bits per heavy atom. The third-order valence-corrected chi connectivity index (χ3v) is 4.10. The van der Waals surface area contributed by atoms with Crippen LogP contribution in [0.3, 0.4) is 0 Å². The number of rotatable bonds is 4. The van der Waals surface area contributed by atoms with Crippen LogP contribution in [0.25, 0.3) is 0 Å². The maximum Gasteiger partial charge on any atom is 0.0688 e. The van der Waals surface area contributed by atoms with Crippen molar-refractivity contribution in [2.45, 2.75) is 33.7 Å². The number of hydrogen-bond acceptors (Lipinski definition) is 3. The van der Waals surface area contributed by atoms with Crippen LogP contribution >= 0.6 is 11.3 Å². The monoisotopic (exact) mass is 260 g/mol. The molecular formula is C15H20N2S. The fourth-order valence-electron chi connectivity index (χ4n) is 2.18. The van der Waals surface area contributed by atoms with Gasteiger partial charge < -0.3 is 5.32 Å². The smallest absolute Gasteiger partial charge is 0.0688 e. The molecule has 0 saturated carbocycles. The minimum absolute atomic E-state index is 0.266. The van der Waals surface area contributed by atoms with Gasteiger partial charge in [0, 0.05) is 21.1 Å². The van der Waals surface area contributed by atoms with Gasteiger partial charge in [-0.1, -0.05) is 13.0 Å². The summed E-state index contributed by atoms with van der Waals surface area (Å²) in [4.78, 5) is 7.29. The fraction of sp³-hybridized carbons (Fsp3) is 0.400. The molecule has 2 aromatic heterocycles. The van der Waals surface area contributed by atoms with E-state index in [0.29, 0.717) is 0 Å². The van der Waals surface area contributed by atoms with E-state index < -0.39 is 0 Å². The minimum Gasteiger partial charge on any atom is -0.306 e. The molecule has 0 amide bonds. The van der Waals surface area contributed by atoms with Crippen LogP contribution in [-0.4, -0.2) is 11.5 Å². The SMILES string of the molecule is CCNC(c1ccc(C)s1)c1ccc(C)nc1C. The topological polar surface area (TPSA) is 24.9 Å². The van der Waals surface area contributed by atoms with Crippen LogP contribution in [-0.2, 0) is 0 Å². The van der Waals surface area contributed by atoms with Gasteiger partial charge in [-0.25, -0.2) is 0 Å². The molecule has 2 rings (SSSR count). The zero-order chi connectivity index (χ0) is 13.1. The van der Waals surface area contributed by atoms with Gasteiger partial charge in [0.25, 0.3) is 0 Å². The molecular weight excluding hydrogens is 240 g/mol. The maximum absolute atomic E-state index is 4.57. The average molecular weight is 260 g/mol. The van der Waals surface area contributed by atoms with Crippen LogP contribution in [0.1, 0.15) is 39.7 Å². The highest BCUT2D eigenvalue weighted by Crippen LogP contribution is 2.29. The molecule has 0 saturated heterocycles. The third-order valence-electron chi connectivity index (χ3n) is 3.03. The van der Waals surface area contributed by atoms with E-state index in [1.54, 1.807) is 0 Å². The highest BCUT2D eigenvalue weighted by atomic mass is 32.1. The lowest BCUT2D eigenvalue weighted by Crippen LogP contribution is -2.22. The summed E-state index contributed by atoms with van der Waals surface area (Å²) >= 11 is 1.85. The van der Waals surface area contributed by atoms with E-state index >= 15 is 0 Å². The first-order chi connectivity index (χ1) is 8.61. The van der Waals surface area contributed by atoms with Crippen LogP contribution in [0.15, 0.2) is 24.3 Å². The second-order valence-electron chi connectivity index (χ2n) is 4.57. The molecule has 0 aromatic carbocycles. The summed E-state index contributed by atoms with van der Waals surface area (Å²) in [5.74, 6) is 0. The van der Waals surface area contributed by atoms with Crippen molar-refractivity contribution >= 4 is 11.3 Å². The van der Waals surface area contributed by atoms with Crippen molar-refractivity contribution in [2.75, 3.05) is 6.54 Å². The van der Waals surface area contributed by atoms with Crippen molar-refractivity contribution in [1.29, 1.82) is 0 Å². The van der Waals surface area contributed by atoms with E-state index in [4.69, 9.17) is 0 Å². The number of aromatic nitrogens is 1. The van der Waals surface area contributed by atoms with Gasteiger partial charge in [-0.15, -0.1) is 11.3 Å². The van der Waals surface area contributed by atoms with Gasteiger partial charge in [0.15, 0.2) is 0 Å². The third kappa shape index (κ3) is 2.79. The van der Waals surface area contributed by atoms with E-state index in [9.17, 15) is 0 Å². The van der Waals surface area contributed by atoms with Crippen LogP contribution in [0.4, 0.5) is 0 Å². The summed E-state index contributed by atoms with van der Waals surface area (Å²) in [6.45, 7) is 9.37. The van der Waals surface area contributed by atoms with Gasteiger partial charge in [-0.05, 0) is 51.1 Å². The molecule has 1 atom stereocenters. The Bertz CT molecular complexity index is 531. The van der Waals surface area contributed by atoms with E-state index in [-0.39, 0.29) is 6.04 Å². The number of aryl methyl sites for hydroxylation is 3. The molecule has 1 N–H and O–H groups in total. The Hall–Kier alpha value is -1.19.